The molecule has 1 heterocycles. The van der Waals surface area contributed by atoms with Crippen molar-refractivity contribution >= 4 is 50.8 Å². The second-order valence-corrected chi connectivity index (χ2v) is 6.09. The van der Waals surface area contributed by atoms with E-state index in [0.29, 0.717) is 9.79 Å². The second-order valence-electron chi connectivity index (χ2n) is 4.38. The predicted octanol–water partition coefficient (Wildman–Crippen LogP) is 5.41. The van der Waals surface area contributed by atoms with E-state index in [1.54, 1.807) is 0 Å². The summed E-state index contributed by atoms with van der Waals surface area (Å²) in [7, 11) is 0. The molecule has 0 fully saturated rings. The fourth-order valence-corrected chi connectivity index (χ4v) is 2.98. The van der Waals surface area contributed by atoms with Gasteiger partial charge in [-0.3, -0.25) is 4.57 Å². The number of nitrogens with one attached hydrogen (secondary N) is 1. The van der Waals surface area contributed by atoms with Gasteiger partial charge < -0.3 is 4.98 Å². The number of benzene rings is 2. The lowest BCUT2D eigenvalue weighted by Gasteiger charge is -2.07. The molecule has 3 rings (SSSR count). The number of hydrogen-bond acceptors (Lipinski definition) is 1. The number of rotatable bonds is 1. The zero-order valence-electron chi connectivity index (χ0n) is 10.1. The Labute approximate surface area is 129 Å². The highest BCUT2D eigenvalue weighted by Crippen LogP contribution is 2.28. The van der Waals surface area contributed by atoms with Crippen LogP contribution in [-0.4, -0.2) is 9.55 Å². The van der Waals surface area contributed by atoms with E-state index in [1.807, 2.05) is 28.8 Å². The number of H-pyrrole nitrogens is 1. The van der Waals surface area contributed by atoms with Gasteiger partial charge >= 0.3 is 0 Å². The second kappa shape index (κ2) is 4.78. The highest BCUT2D eigenvalue weighted by Gasteiger charge is 2.10. The lowest BCUT2D eigenvalue weighted by molar-refractivity contribution is 1.06. The van der Waals surface area contributed by atoms with Crippen molar-refractivity contribution in [2.75, 3.05) is 0 Å². The molecule has 2 nitrogen and oxygen atoms in total. The Kier molecular flexibility index (Phi) is 3.25. The summed E-state index contributed by atoms with van der Waals surface area (Å²) >= 11 is 15.2. The van der Waals surface area contributed by atoms with E-state index in [9.17, 15) is 0 Å². The Balaban J connectivity index is 2.39. The van der Waals surface area contributed by atoms with Crippen LogP contribution in [0.3, 0.4) is 0 Å². The van der Waals surface area contributed by atoms with E-state index in [0.717, 1.165) is 21.2 Å². The molecule has 1 aromatic heterocycles. The van der Waals surface area contributed by atoms with Crippen LogP contribution in [0.5, 0.6) is 0 Å². The Morgan fingerprint density at radius 2 is 2.00 bits per heavy atom. The maximum atomic E-state index is 6.29. The topological polar surface area (TPSA) is 20.7 Å². The van der Waals surface area contributed by atoms with Crippen LogP contribution >= 0.6 is 39.7 Å². The van der Waals surface area contributed by atoms with Gasteiger partial charge in [0.25, 0.3) is 0 Å². The van der Waals surface area contributed by atoms with E-state index in [1.165, 1.54) is 5.56 Å². The minimum absolute atomic E-state index is 0.639. The van der Waals surface area contributed by atoms with Crippen molar-refractivity contribution in [3.05, 3.63) is 56.2 Å². The Morgan fingerprint density at radius 1 is 1.21 bits per heavy atom. The molecular weight excluding hydrogens is 344 g/mol. The molecule has 0 aliphatic heterocycles. The van der Waals surface area contributed by atoms with Gasteiger partial charge in [-0.05, 0) is 55.0 Å². The highest BCUT2D eigenvalue weighted by atomic mass is 79.9. The van der Waals surface area contributed by atoms with Crippen LogP contribution in [0, 0.1) is 11.7 Å². The monoisotopic (exact) mass is 352 g/mol. The number of halogens is 2. The Hall–Kier alpha value is -1.10. The number of nitrogens with zero attached hydrogens (tertiary/aromatic N) is 1. The van der Waals surface area contributed by atoms with Gasteiger partial charge in [0.2, 0.25) is 0 Å². The van der Waals surface area contributed by atoms with E-state index in [-0.39, 0.29) is 0 Å². The lowest BCUT2D eigenvalue weighted by Crippen LogP contribution is -1.95. The van der Waals surface area contributed by atoms with Crippen molar-refractivity contribution in [1.29, 1.82) is 0 Å². The van der Waals surface area contributed by atoms with Crippen LogP contribution in [0.15, 0.2) is 40.9 Å². The van der Waals surface area contributed by atoms with Crippen LogP contribution < -0.4 is 0 Å². The molecule has 0 bridgehead atoms. The van der Waals surface area contributed by atoms with E-state index < -0.39 is 0 Å². The number of fused-ring (bicyclic) bond motifs is 1. The van der Waals surface area contributed by atoms with E-state index in [2.05, 4.69) is 40.0 Å². The van der Waals surface area contributed by atoms with Crippen LogP contribution in [0.25, 0.3) is 16.7 Å². The smallest absolute Gasteiger partial charge is 0.182 e. The first kappa shape index (κ1) is 12.9. The third-order valence-electron chi connectivity index (χ3n) is 2.99. The summed E-state index contributed by atoms with van der Waals surface area (Å²) in [4.78, 5) is 3.22. The van der Waals surface area contributed by atoms with Crippen molar-refractivity contribution in [1.82, 2.24) is 9.55 Å². The molecule has 0 saturated carbocycles. The Morgan fingerprint density at radius 3 is 2.79 bits per heavy atom. The van der Waals surface area contributed by atoms with Crippen molar-refractivity contribution in [3.8, 4) is 5.69 Å². The first-order chi connectivity index (χ1) is 9.06. The number of imidazole rings is 1. The fraction of sp³-hybridized carbons (Fsp3) is 0.0714. The molecular formula is C14H10BrClN2S. The molecule has 0 unspecified atom stereocenters. The molecule has 0 aliphatic rings. The van der Waals surface area contributed by atoms with Gasteiger partial charge in [0, 0.05) is 4.47 Å². The lowest BCUT2D eigenvalue weighted by atomic mass is 10.2. The first-order valence-corrected chi connectivity index (χ1v) is 7.31. The van der Waals surface area contributed by atoms with Crippen molar-refractivity contribution in [3.63, 3.8) is 0 Å². The minimum atomic E-state index is 0.639. The SMILES string of the molecule is Cc1ccc2c(c1)[nH]c(=S)n2-c1cc(Br)ccc1Cl. The summed E-state index contributed by atoms with van der Waals surface area (Å²) in [5.74, 6) is 0. The first-order valence-electron chi connectivity index (χ1n) is 5.73. The van der Waals surface area contributed by atoms with Crippen molar-refractivity contribution in [2.24, 2.45) is 0 Å². The summed E-state index contributed by atoms with van der Waals surface area (Å²) in [5.41, 5.74) is 4.10. The average molecular weight is 354 g/mol. The number of hydrogen-bond donors (Lipinski definition) is 1. The van der Waals surface area contributed by atoms with Gasteiger partial charge in [-0.15, -0.1) is 0 Å². The highest BCUT2D eigenvalue weighted by molar-refractivity contribution is 9.10. The maximum absolute atomic E-state index is 6.29. The molecule has 19 heavy (non-hydrogen) atoms. The number of aromatic amines is 1. The molecule has 1 N–H and O–H groups in total. The summed E-state index contributed by atoms with van der Waals surface area (Å²) in [6, 6.07) is 11.9. The standard InChI is InChI=1S/C14H10BrClN2S/c1-8-2-5-12-11(6-8)17-14(19)18(12)13-7-9(15)3-4-10(13)16/h2-7H,1H3,(H,17,19). The molecule has 2 aromatic carbocycles. The third-order valence-corrected chi connectivity index (χ3v) is 4.08. The van der Waals surface area contributed by atoms with Gasteiger partial charge in [-0.2, -0.15) is 0 Å². The van der Waals surface area contributed by atoms with Gasteiger partial charge in [0.05, 0.1) is 21.7 Å². The molecule has 96 valence electrons. The van der Waals surface area contributed by atoms with Crippen LogP contribution in [0.1, 0.15) is 5.56 Å². The maximum Gasteiger partial charge on any atom is 0.182 e. The van der Waals surface area contributed by atoms with Gasteiger partial charge in [0.15, 0.2) is 4.77 Å². The van der Waals surface area contributed by atoms with Crippen molar-refractivity contribution in [2.45, 2.75) is 6.92 Å². The molecule has 0 saturated heterocycles. The van der Waals surface area contributed by atoms with Crippen LogP contribution in [-0.2, 0) is 0 Å². The molecule has 0 aliphatic carbocycles. The van der Waals surface area contributed by atoms with Crippen LogP contribution in [0.4, 0.5) is 0 Å². The molecule has 5 heteroatoms. The largest absolute Gasteiger partial charge is 0.330 e. The van der Waals surface area contributed by atoms with E-state index in [4.69, 9.17) is 23.8 Å². The van der Waals surface area contributed by atoms with Gasteiger partial charge in [-0.25, -0.2) is 0 Å². The average Bonchev–Trinajstić information content (AvgIpc) is 2.67. The van der Waals surface area contributed by atoms with Crippen molar-refractivity contribution < 1.29 is 0 Å². The van der Waals surface area contributed by atoms with Crippen LogP contribution in [0.2, 0.25) is 5.02 Å². The summed E-state index contributed by atoms with van der Waals surface area (Å²) in [6.45, 7) is 2.06. The summed E-state index contributed by atoms with van der Waals surface area (Å²) in [6.07, 6.45) is 0. The Bertz CT molecular complexity index is 835. The molecule has 0 radical (unpaired) electrons. The zero-order chi connectivity index (χ0) is 13.6. The summed E-state index contributed by atoms with van der Waals surface area (Å²) < 4.78 is 3.56. The molecule has 3 aromatic rings. The molecule has 0 amide bonds. The normalized spacial score (nSPS) is 11.1. The number of aryl methyl sites for hydroxylation is 1. The quantitative estimate of drug-likeness (QED) is 0.580. The van der Waals surface area contributed by atoms with Gasteiger partial charge in [0.1, 0.15) is 0 Å². The predicted molar refractivity (Wildman–Crippen MR) is 85.9 cm³/mol. The molecule has 0 spiro atoms. The molecule has 0 atom stereocenters. The van der Waals surface area contributed by atoms with Gasteiger partial charge in [-0.1, -0.05) is 33.6 Å². The fourth-order valence-electron chi connectivity index (χ4n) is 2.12. The minimum Gasteiger partial charge on any atom is -0.330 e. The summed E-state index contributed by atoms with van der Waals surface area (Å²) in [5, 5.41) is 0.667. The third kappa shape index (κ3) is 2.24. The number of aromatic nitrogens is 2. The zero-order valence-corrected chi connectivity index (χ0v) is 13.2. The van der Waals surface area contributed by atoms with E-state index >= 15 is 0 Å².